The second-order valence-corrected chi connectivity index (χ2v) is 8.93. The number of rotatable bonds is 7. The molecule has 0 saturated carbocycles. The molecule has 1 heterocycles. The van der Waals surface area contributed by atoms with E-state index in [1.54, 1.807) is 36.5 Å². The van der Waals surface area contributed by atoms with Gasteiger partial charge in [-0.1, -0.05) is 30.3 Å². The van der Waals surface area contributed by atoms with Gasteiger partial charge in [0.2, 0.25) is 0 Å². The van der Waals surface area contributed by atoms with Crippen LogP contribution in [0.25, 0.3) is 0 Å². The number of benzene rings is 3. The van der Waals surface area contributed by atoms with Gasteiger partial charge in [0.25, 0.3) is 15.9 Å². The predicted molar refractivity (Wildman–Crippen MR) is 124 cm³/mol. The number of carbonyl (C=O) groups is 1. The molecule has 32 heavy (non-hydrogen) atoms. The Morgan fingerprint density at radius 3 is 2.22 bits per heavy atom. The standard InChI is InChI=1S/C24H22N4O3S/c1-18-25-15-16-28(18)17-19-7-11-21(12-8-19)26-24(29)20-9-13-23(14-10-20)32(30,31)27-22-5-3-2-4-6-22/h2-16,27H,17H2,1H3,(H,26,29). The fourth-order valence-electron chi connectivity index (χ4n) is 3.17. The fourth-order valence-corrected chi connectivity index (χ4v) is 4.23. The number of carbonyl (C=O) groups excluding carboxylic acids is 1. The van der Waals surface area contributed by atoms with Crippen molar-refractivity contribution < 1.29 is 13.2 Å². The van der Waals surface area contributed by atoms with Crippen molar-refractivity contribution in [2.45, 2.75) is 18.4 Å². The smallest absolute Gasteiger partial charge is 0.261 e. The fraction of sp³-hybridized carbons (Fsp3) is 0.0833. The van der Waals surface area contributed by atoms with Crippen molar-refractivity contribution in [1.82, 2.24) is 9.55 Å². The summed E-state index contributed by atoms with van der Waals surface area (Å²) < 4.78 is 29.6. The highest BCUT2D eigenvalue weighted by Gasteiger charge is 2.15. The Morgan fingerprint density at radius 2 is 1.59 bits per heavy atom. The summed E-state index contributed by atoms with van der Waals surface area (Å²) in [6, 6.07) is 22.0. The Hall–Kier alpha value is -3.91. The zero-order valence-corrected chi connectivity index (χ0v) is 18.2. The van der Waals surface area contributed by atoms with Crippen molar-refractivity contribution in [2.24, 2.45) is 0 Å². The van der Waals surface area contributed by atoms with Crippen LogP contribution in [0.4, 0.5) is 11.4 Å². The first-order chi connectivity index (χ1) is 15.4. The van der Waals surface area contributed by atoms with Crippen molar-refractivity contribution in [1.29, 1.82) is 0 Å². The molecule has 0 aliphatic carbocycles. The molecule has 0 spiro atoms. The normalized spacial score (nSPS) is 11.2. The van der Waals surface area contributed by atoms with E-state index in [0.717, 1.165) is 11.4 Å². The van der Waals surface area contributed by atoms with Crippen molar-refractivity contribution in [3.63, 3.8) is 0 Å². The van der Waals surface area contributed by atoms with Gasteiger partial charge in [-0.3, -0.25) is 9.52 Å². The SMILES string of the molecule is Cc1nccn1Cc1ccc(NC(=O)c2ccc(S(=O)(=O)Nc3ccccc3)cc2)cc1. The number of amides is 1. The molecule has 162 valence electrons. The highest BCUT2D eigenvalue weighted by molar-refractivity contribution is 7.92. The van der Waals surface area contributed by atoms with Crippen LogP contribution >= 0.6 is 0 Å². The number of nitrogens with zero attached hydrogens (tertiary/aromatic N) is 2. The lowest BCUT2D eigenvalue weighted by Gasteiger charge is -2.10. The van der Waals surface area contributed by atoms with Crippen LogP contribution < -0.4 is 10.0 Å². The first-order valence-electron chi connectivity index (χ1n) is 9.97. The van der Waals surface area contributed by atoms with Gasteiger partial charge >= 0.3 is 0 Å². The Morgan fingerprint density at radius 1 is 0.906 bits per heavy atom. The van der Waals surface area contributed by atoms with Crippen LogP contribution in [0.3, 0.4) is 0 Å². The molecule has 3 aromatic carbocycles. The Kier molecular flexibility index (Phi) is 6.04. The maximum atomic E-state index is 12.6. The first kappa shape index (κ1) is 21.3. The van der Waals surface area contributed by atoms with Gasteiger partial charge < -0.3 is 9.88 Å². The van der Waals surface area contributed by atoms with E-state index in [4.69, 9.17) is 0 Å². The van der Waals surface area contributed by atoms with Crippen LogP contribution in [0.2, 0.25) is 0 Å². The molecule has 0 atom stereocenters. The largest absolute Gasteiger partial charge is 0.331 e. The van der Waals surface area contributed by atoms with Gasteiger partial charge in [-0.2, -0.15) is 0 Å². The second-order valence-electron chi connectivity index (χ2n) is 7.25. The maximum absolute atomic E-state index is 12.6. The summed E-state index contributed by atoms with van der Waals surface area (Å²) in [5, 5.41) is 2.83. The molecular weight excluding hydrogens is 424 g/mol. The van der Waals surface area contributed by atoms with Crippen LogP contribution in [0.15, 0.2) is 96.2 Å². The molecule has 0 unspecified atom stereocenters. The summed E-state index contributed by atoms with van der Waals surface area (Å²) >= 11 is 0. The molecule has 2 N–H and O–H groups in total. The third-order valence-electron chi connectivity index (χ3n) is 4.94. The lowest BCUT2D eigenvalue weighted by atomic mass is 10.2. The lowest BCUT2D eigenvalue weighted by Crippen LogP contribution is -2.14. The second kappa shape index (κ2) is 9.07. The summed E-state index contributed by atoms with van der Waals surface area (Å²) in [6.07, 6.45) is 3.68. The zero-order valence-electron chi connectivity index (χ0n) is 17.4. The topological polar surface area (TPSA) is 93.1 Å². The van der Waals surface area contributed by atoms with Crippen LogP contribution in [0.1, 0.15) is 21.7 Å². The van der Waals surface area contributed by atoms with Crippen molar-refractivity contribution in [3.05, 3.63) is 108 Å². The maximum Gasteiger partial charge on any atom is 0.261 e. The average molecular weight is 447 g/mol. The highest BCUT2D eigenvalue weighted by Crippen LogP contribution is 2.18. The molecule has 8 heteroatoms. The Bertz CT molecular complexity index is 1310. The van der Waals surface area contributed by atoms with E-state index in [1.807, 2.05) is 42.0 Å². The van der Waals surface area contributed by atoms with E-state index in [-0.39, 0.29) is 10.8 Å². The van der Waals surface area contributed by atoms with Crippen LogP contribution in [-0.4, -0.2) is 23.9 Å². The Balaban J connectivity index is 1.40. The summed E-state index contributed by atoms with van der Waals surface area (Å²) in [5.74, 6) is 0.620. The number of aromatic nitrogens is 2. The molecule has 4 aromatic rings. The van der Waals surface area contributed by atoms with Gasteiger partial charge in [0, 0.05) is 35.9 Å². The van der Waals surface area contributed by atoms with E-state index < -0.39 is 10.0 Å². The molecular formula is C24H22N4O3S. The minimum Gasteiger partial charge on any atom is -0.331 e. The number of anilines is 2. The molecule has 0 aliphatic rings. The number of para-hydroxylation sites is 1. The van der Waals surface area contributed by atoms with Crippen molar-refractivity contribution >= 4 is 27.3 Å². The molecule has 4 rings (SSSR count). The van der Waals surface area contributed by atoms with E-state index in [9.17, 15) is 13.2 Å². The third kappa shape index (κ3) is 5.04. The summed E-state index contributed by atoms with van der Waals surface area (Å²) in [5.41, 5.74) is 2.58. The van der Waals surface area contributed by atoms with Gasteiger partial charge in [-0.25, -0.2) is 13.4 Å². The quantitative estimate of drug-likeness (QED) is 0.443. The van der Waals surface area contributed by atoms with E-state index in [0.29, 0.717) is 23.5 Å². The van der Waals surface area contributed by atoms with Gasteiger partial charge in [0.05, 0.1) is 4.90 Å². The lowest BCUT2D eigenvalue weighted by molar-refractivity contribution is 0.102. The summed E-state index contributed by atoms with van der Waals surface area (Å²) in [6.45, 7) is 2.65. The number of hydrogen-bond donors (Lipinski definition) is 2. The van der Waals surface area contributed by atoms with E-state index >= 15 is 0 Å². The van der Waals surface area contributed by atoms with Gasteiger partial charge in [0.1, 0.15) is 5.82 Å². The van der Waals surface area contributed by atoms with Crippen molar-refractivity contribution in [2.75, 3.05) is 10.0 Å². The highest BCUT2D eigenvalue weighted by atomic mass is 32.2. The van der Waals surface area contributed by atoms with Gasteiger partial charge in [0.15, 0.2) is 0 Å². The third-order valence-corrected chi connectivity index (χ3v) is 6.34. The summed E-state index contributed by atoms with van der Waals surface area (Å²) in [4.78, 5) is 16.9. The molecule has 1 amide bonds. The molecule has 0 fully saturated rings. The zero-order chi connectivity index (χ0) is 22.6. The van der Waals surface area contributed by atoms with E-state index in [1.165, 1.54) is 24.3 Å². The minimum atomic E-state index is -3.73. The number of imidazole rings is 1. The Labute approximate surface area is 186 Å². The van der Waals surface area contributed by atoms with Gasteiger partial charge in [-0.15, -0.1) is 0 Å². The number of hydrogen-bond acceptors (Lipinski definition) is 4. The van der Waals surface area contributed by atoms with Crippen LogP contribution in [0.5, 0.6) is 0 Å². The predicted octanol–water partition coefficient (Wildman–Crippen LogP) is 4.29. The van der Waals surface area contributed by atoms with Crippen molar-refractivity contribution in [3.8, 4) is 0 Å². The average Bonchev–Trinajstić information content (AvgIpc) is 3.20. The minimum absolute atomic E-state index is 0.0806. The van der Waals surface area contributed by atoms with Crippen LogP contribution in [0, 0.1) is 6.92 Å². The molecule has 7 nitrogen and oxygen atoms in total. The molecule has 0 radical (unpaired) electrons. The monoisotopic (exact) mass is 446 g/mol. The molecule has 0 saturated heterocycles. The number of nitrogens with one attached hydrogen (secondary N) is 2. The first-order valence-corrected chi connectivity index (χ1v) is 11.4. The molecule has 1 aromatic heterocycles. The van der Waals surface area contributed by atoms with E-state index in [2.05, 4.69) is 15.0 Å². The summed E-state index contributed by atoms with van der Waals surface area (Å²) in [7, 11) is -3.73. The van der Waals surface area contributed by atoms with Gasteiger partial charge in [-0.05, 0) is 61.0 Å². The molecule has 0 aliphatic heterocycles. The number of sulfonamides is 1. The molecule has 0 bridgehead atoms. The van der Waals surface area contributed by atoms with Crippen LogP contribution in [-0.2, 0) is 16.6 Å². The number of aryl methyl sites for hydroxylation is 1.